The number of alkyl halides is 3. The van der Waals surface area contributed by atoms with E-state index >= 15 is 0 Å². The predicted octanol–water partition coefficient (Wildman–Crippen LogP) is 4.64. The number of hydrogen-bond donors (Lipinski definition) is 1. The molecule has 0 aliphatic carbocycles. The SMILES string of the molecule is C=CC(=CC(=C)OC(F)(F)F)c1ccc2c(c1)C1(CC(C3CCOC(C)(C)C3)O2)N=C(N)N(C)C1=O. The number of hydrogen-bond acceptors (Lipinski definition) is 6. The molecular formula is C26H30F3N3O4. The van der Waals surface area contributed by atoms with Crippen LogP contribution in [0, 0.1) is 5.92 Å². The summed E-state index contributed by atoms with van der Waals surface area (Å²) in [5.41, 5.74) is 5.78. The van der Waals surface area contributed by atoms with Crippen molar-refractivity contribution >= 4 is 17.4 Å². The van der Waals surface area contributed by atoms with Gasteiger partial charge in [-0.15, -0.1) is 13.2 Å². The summed E-state index contributed by atoms with van der Waals surface area (Å²) in [6.07, 6.45) is -0.824. The molecule has 0 aromatic heterocycles. The van der Waals surface area contributed by atoms with Gasteiger partial charge < -0.3 is 19.9 Å². The van der Waals surface area contributed by atoms with Crippen LogP contribution in [0.2, 0.25) is 0 Å². The predicted molar refractivity (Wildman–Crippen MR) is 129 cm³/mol. The standard InChI is InChI=1S/C26H30F3N3O4/c1-6-16(11-15(2)36-26(27,28)29)17-7-8-20-19(12-17)25(22(33)32(5)23(30)31-25)14-21(35-20)18-9-10-34-24(3,4)13-18/h6-8,11-12,18,21H,1-2,9-10,13-14H2,3-5H3,(H2,30,31). The van der Waals surface area contributed by atoms with E-state index in [1.807, 2.05) is 13.8 Å². The molecule has 194 valence electrons. The molecule has 3 heterocycles. The fraction of sp³-hybridized carbons (Fsp3) is 0.462. The molecule has 1 amide bonds. The van der Waals surface area contributed by atoms with Crippen LogP contribution < -0.4 is 10.5 Å². The maximum atomic E-state index is 13.6. The number of nitrogens with two attached hydrogens (primary N) is 1. The second kappa shape index (κ2) is 8.99. The van der Waals surface area contributed by atoms with Crippen molar-refractivity contribution in [2.75, 3.05) is 13.7 Å². The number of guanidine groups is 1. The van der Waals surface area contributed by atoms with Crippen molar-refractivity contribution < 1.29 is 32.2 Å². The molecule has 1 saturated heterocycles. The average molecular weight is 506 g/mol. The fourth-order valence-corrected chi connectivity index (χ4v) is 5.22. The van der Waals surface area contributed by atoms with Gasteiger partial charge in [-0.1, -0.05) is 25.3 Å². The lowest BCUT2D eigenvalue weighted by Crippen LogP contribution is -2.49. The van der Waals surface area contributed by atoms with E-state index in [-0.39, 0.29) is 35.9 Å². The minimum atomic E-state index is -4.87. The zero-order valence-corrected chi connectivity index (χ0v) is 20.5. The van der Waals surface area contributed by atoms with Gasteiger partial charge in [-0.3, -0.25) is 9.69 Å². The first kappa shape index (κ1) is 25.8. The molecule has 10 heteroatoms. The van der Waals surface area contributed by atoms with Crippen LogP contribution in [-0.2, 0) is 19.8 Å². The minimum absolute atomic E-state index is 0.0933. The first-order valence-corrected chi connectivity index (χ1v) is 11.6. The van der Waals surface area contributed by atoms with Crippen LogP contribution in [-0.4, -0.2) is 48.5 Å². The highest BCUT2D eigenvalue weighted by atomic mass is 19.4. The molecule has 1 aromatic carbocycles. The number of aliphatic imine (C=N–C) groups is 1. The first-order chi connectivity index (χ1) is 16.7. The Labute approximate surface area is 208 Å². The summed E-state index contributed by atoms with van der Waals surface area (Å²) >= 11 is 0. The number of carbonyl (C=O) groups is 1. The Morgan fingerprint density at radius 3 is 2.64 bits per heavy atom. The normalized spacial score (nSPS) is 27.8. The highest BCUT2D eigenvalue weighted by Crippen LogP contribution is 2.49. The van der Waals surface area contributed by atoms with Gasteiger partial charge in [0.05, 0.1) is 5.60 Å². The largest absolute Gasteiger partial charge is 0.573 e. The lowest BCUT2D eigenvalue weighted by atomic mass is 9.74. The molecular weight excluding hydrogens is 475 g/mol. The number of ether oxygens (including phenoxy) is 3. The van der Waals surface area contributed by atoms with Gasteiger partial charge in [0.2, 0.25) is 0 Å². The van der Waals surface area contributed by atoms with E-state index in [0.29, 0.717) is 29.1 Å². The number of carbonyl (C=O) groups excluding carboxylic acids is 1. The van der Waals surface area contributed by atoms with E-state index in [4.69, 9.17) is 15.2 Å². The van der Waals surface area contributed by atoms with Gasteiger partial charge in [-0.05, 0) is 56.0 Å². The Bertz CT molecular complexity index is 1160. The Kier molecular flexibility index (Phi) is 6.45. The monoisotopic (exact) mass is 505 g/mol. The zero-order chi connectivity index (χ0) is 26.5. The number of nitrogens with zero attached hydrogens (tertiary/aromatic N) is 2. The molecule has 3 atom stereocenters. The molecule has 2 N–H and O–H groups in total. The Hall–Kier alpha value is -3.27. The molecule has 0 bridgehead atoms. The van der Waals surface area contributed by atoms with Crippen LogP contribution in [0.3, 0.4) is 0 Å². The van der Waals surface area contributed by atoms with Crippen LogP contribution in [0.25, 0.3) is 5.57 Å². The minimum Gasteiger partial charge on any atom is -0.490 e. The third kappa shape index (κ3) is 4.86. The van der Waals surface area contributed by atoms with Crippen molar-refractivity contribution in [1.29, 1.82) is 0 Å². The fourth-order valence-electron chi connectivity index (χ4n) is 5.22. The summed E-state index contributed by atoms with van der Waals surface area (Å²) in [5.74, 6) is -0.168. The Morgan fingerprint density at radius 1 is 1.33 bits per heavy atom. The highest BCUT2D eigenvalue weighted by molar-refractivity contribution is 6.07. The lowest BCUT2D eigenvalue weighted by molar-refractivity contribution is -0.303. The topological polar surface area (TPSA) is 86.4 Å². The summed E-state index contributed by atoms with van der Waals surface area (Å²) in [4.78, 5) is 19.5. The van der Waals surface area contributed by atoms with Crippen LogP contribution in [0.4, 0.5) is 13.2 Å². The van der Waals surface area contributed by atoms with E-state index in [1.165, 1.54) is 11.0 Å². The van der Waals surface area contributed by atoms with Crippen LogP contribution in [0.1, 0.15) is 44.2 Å². The third-order valence-corrected chi connectivity index (χ3v) is 6.89. The Morgan fingerprint density at radius 2 is 2.06 bits per heavy atom. The van der Waals surface area contributed by atoms with Gasteiger partial charge in [0.15, 0.2) is 11.5 Å². The second-order valence-corrected chi connectivity index (χ2v) is 9.94. The summed E-state index contributed by atoms with van der Waals surface area (Å²) in [6, 6.07) is 5.07. The molecule has 0 saturated carbocycles. The summed E-state index contributed by atoms with van der Waals surface area (Å²) < 4.78 is 54.0. The quantitative estimate of drug-likeness (QED) is 0.465. The number of allylic oxidation sites excluding steroid dienone is 3. The van der Waals surface area contributed by atoms with Gasteiger partial charge >= 0.3 is 6.36 Å². The molecule has 7 nitrogen and oxygen atoms in total. The van der Waals surface area contributed by atoms with Crippen LogP contribution in [0.5, 0.6) is 5.75 Å². The lowest BCUT2D eigenvalue weighted by Gasteiger charge is -2.44. The molecule has 3 aliphatic rings. The number of amides is 1. The van der Waals surface area contributed by atoms with Crippen molar-refractivity contribution in [3.8, 4) is 5.75 Å². The molecule has 3 unspecified atom stereocenters. The summed E-state index contributed by atoms with van der Waals surface area (Å²) in [5, 5.41) is 0. The summed E-state index contributed by atoms with van der Waals surface area (Å²) in [6.45, 7) is 11.7. The van der Waals surface area contributed by atoms with Gasteiger partial charge in [0.25, 0.3) is 5.91 Å². The molecule has 1 aromatic rings. The van der Waals surface area contributed by atoms with Gasteiger partial charge in [-0.25, -0.2) is 4.99 Å². The van der Waals surface area contributed by atoms with Gasteiger partial charge in [-0.2, -0.15) is 0 Å². The van der Waals surface area contributed by atoms with Crippen molar-refractivity contribution in [3.63, 3.8) is 0 Å². The average Bonchev–Trinajstić information content (AvgIpc) is 2.99. The number of halogens is 3. The number of benzene rings is 1. The number of fused-ring (bicyclic) bond motifs is 2. The molecule has 0 radical (unpaired) electrons. The van der Waals surface area contributed by atoms with E-state index in [1.54, 1.807) is 25.2 Å². The van der Waals surface area contributed by atoms with Crippen LogP contribution in [0.15, 0.2) is 54.3 Å². The van der Waals surface area contributed by atoms with E-state index in [9.17, 15) is 18.0 Å². The molecule has 4 rings (SSSR count). The maximum absolute atomic E-state index is 13.6. The first-order valence-electron chi connectivity index (χ1n) is 11.6. The maximum Gasteiger partial charge on any atom is 0.573 e. The number of rotatable bonds is 5. The third-order valence-electron chi connectivity index (χ3n) is 6.89. The van der Waals surface area contributed by atoms with E-state index in [2.05, 4.69) is 22.9 Å². The second-order valence-electron chi connectivity index (χ2n) is 9.94. The Balaban J connectivity index is 1.76. The smallest absolute Gasteiger partial charge is 0.490 e. The zero-order valence-electron chi connectivity index (χ0n) is 20.5. The van der Waals surface area contributed by atoms with Crippen LogP contribution >= 0.6 is 0 Å². The van der Waals surface area contributed by atoms with Crippen molar-refractivity contribution in [3.05, 3.63) is 60.4 Å². The molecule has 36 heavy (non-hydrogen) atoms. The van der Waals surface area contributed by atoms with Crippen molar-refractivity contribution in [1.82, 2.24) is 4.90 Å². The van der Waals surface area contributed by atoms with Gasteiger partial charge in [0, 0.05) is 31.6 Å². The highest BCUT2D eigenvalue weighted by Gasteiger charge is 2.55. The van der Waals surface area contributed by atoms with Crippen molar-refractivity contribution in [2.24, 2.45) is 16.6 Å². The molecule has 1 spiro atoms. The summed E-state index contributed by atoms with van der Waals surface area (Å²) in [7, 11) is 1.56. The van der Waals surface area contributed by atoms with Crippen molar-refractivity contribution in [2.45, 2.75) is 56.7 Å². The number of likely N-dealkylation sites (N-methyl/N-ethyl adjacent to an activating group) is 1. The van der Waals surface area contributed by atoms with E-state index in [0.717, 1.165) is 18.9 Å². The molecule has 1 fully saturated rings. The van der Waals surface area contributed by atoms with Gasteiger partial charge in [0.1, 0.15) is 17.6 Å². The van der Waals surface area contributed by atoms with E-state index < -0.39 is 17.7 Å². The molecule has 3 aliphatic heterocycles.